The van der Waals surface area contributed by atoms with Crippen LogP contribution in [0.15, 0.2) is 66.2 Å². The van der Waals surface area contributed by atoms with Gasteiger partial charge in [0.25, 0.3) is 11.8 Å². The van der Waals surface area contributed by atoms with Crippen LogP contribution in [0.2, 0.25) is 0 Å². The monoisotopic (exact) mass is 474 g/mol. The molecule has 8 heteroatoms. The van der Waals surface area contributed by atoms with Gasteiger partial charge in [-0.15, -0.1) is 0 Å². The first-order chi connectivity index (χ1) is 16.7. The number of nitrogens with zero attached hydrogens (tertiary/aromatic N) is 1. The highest BCUT2D eigenvalue weighted by atomic mass is 19.1. The summed E-state index contributed by atoms with van der Waals surface area (Å²) in [5, 5.41) is 2.22. The molecule has 1 fully saturated rings. The Morgan fingerprint density at radius 3 is 2.37 bits per heavy atom. The highest BCUT2D eigenvalue weighted by Crippen LogP contribution is 2.31. The molecule has 0 radical (unpaired) electrons. The summed E-state index contributed by atoms with van der Waals surface area (Å²) in [7, 11) is 1.46. The quantitative estimate of drug-likeness (QED) is 0.414. The Bertz CT molecular complexity index is 1350. The molecule has 3 aromatic carbocycles. The van der Waals surface area contributed by atoms with Gasteiger partial charge in [0, 0.05) is 0 Å². The molecule has 0 saturated carbocycles. The van der Waals surface area contributed by atoms with Gasteiger partial charge in [-0.3, -0.25) is 14.9 Å². The van der Waals surface area contributed by atoms with Gasteiger partial charge >= 0.3 is 6.03 Å². The number of hydrogen-bond donors (Lipinski definition) is 1. The first kappa shape index (κ1) is 23.7. The van der Waals surface area contributed by atoms with Crippen molar-refractivity contribution in [1.29, 1.82) is 0 Å². The summed E-state index contributed by atoms with van der Waals surface area (Å²) in [6, 6.07) is 15.5. The first-order valence-electron chi connectivity index (χ1n) is 10.8. The molecule has 0 spiro atoms. The second-order valence-corrected chi connectivity index (χ2v) is 8.13. The van der Waals surface area contributed by atoms with Gasteiger partial charge in [-0.1, -0.05) is 24.3 Å². The van der Waals surface area contributed by atoms with Crippen LogP contribution in [0.25, 0.3) is 6.08 Å². The van der Waals surface area contributed by atoms with E-state index in [1.54, 1.807) is 42.5 Å². The van der Waals surface area contributed by atoms with Gasteiger partial charge in [0.05, 0.1) is 12.8 Å². The Morgan fingerprint density at radius 2 is 1.69 bits per heavy atom. The maximum Gasteiger partial charge on any atom is 0.335 e. The first-order valence-corrected chi connectivity index (χ1v) is 10.8. The van der Waals surface area contributed by atoms with E-state index in [4.69, 9.17) is 9.47 Å². The van der Waals surface area contributed by atoms with E-state index >= 15 is 0 Å². The SMILES string of the molecule is COc1cc(C=C2C(=O)NC(=O)N(c3cc(C)cc(C)c3)C2=O)ccc1OCc1cccc(F)c1. The number of amides is 4. The number of imide groups is 2. The van der Waals surface area contributed by atoms with E-state index in [1.807, 2.05) is 19.9 Å². The van der Waals surface area contributed by atoms with Crippen LogP contribution in [0.1, 0.15) is 22.3 Å². The van der Waals surface area contributed by atoms with Crippen LogP contribution >= 0.6 is 0 Å². The zero-order valence-corrected chi connectivity index (χ0v) is 19.4. The number of nitrogens with one attached hydrogen (secondary N) is 1. The number of ether oxygens (including phenoxy) is 2. The standard InChI is InChI=1S/C27H23FN2O5/c1-16-9-17(2)11-21(10-16)30-26(32)22(25(31)29-27(30)33)13-18-7-8-23(24(14-18)34-3)35-15-19-5-4-6-20(28)12-19/h4-14H,15H2,1-3H3,(H,29,31,33). The smallest absolute Gasteiger partial charge is 0.335 e. The molecule has 1 aliphatic rings. The van der Waals surface area contributed by atoms with Crippen LogP contribution in [0.3, 0.4) is 0 Å². The summed E-state index contributed by atoms with van der Waals surface area (Å²) in [6.45, 7) is 3.84. The molecule has 0 aliphatic carbocycles. The van der Waals surface area contributed by atoms with Crippen LogP contribution < -0.4 is 19.7 Å². The van der Waals surface area contributed by atoms with Crippen molar-refractivity contribution in [3.05, 3.63) is 94.3 Å². The second kappa shape index (κ2) is 9.80. The van der Waals surface area contributed by atoms with Gasteiger partial charge < -0.3 is 9.47 Å². The van der Waals surface area contributed by atoms with Gasteiger partial charge in [0.15, 0.2) is 11.5 Å². The van der Waals surface area contributed by atoms with Crippen LogP contribution in [0.4, 0.5) is 14.9 Å². The molecular weight excluding hydrogens is 451 g/mol. The molecule has 4 amide bonds. The van der Waals surface area contributed by atoms with Crippen molar-refractivity contribution in [3.8, 4) is 11.5 Å². The Labute approximate surface area is 201 Å². The third-order valence-corrected chi connectivity index (χ3v) is 5.35. The molecule has 1 aliphatic heterocycles. The Morgan fingerprint density at radius 1 is 0.943 bits per heavy atom. The maximum atomic E-state index is 13.4. The lowest BCUT2D eigenvalue weighted by molar-refractivity contribution is -0.122. The number of rotatable bonds is 6. The number of aryl methyl sites for hydroxylation is 2. The number of anilines is 1. The summed E-state index contributed by atoms with van der Waals surface area (Å²) >= 11 is 0. The van der Waals surface area contributed by atoms with Crippen molar-refractivity contribution in [2.75, 3.05) is 12.0 Å². The average molecular weight is 474 g/mol. The number of carbonyl (C=O) groups excluding carboxylic acids is 3. The number of halogens is 1. The molecule has 178 valence electrons. The van der Waals surface area contributed by atoms with E-state index in [0.29, 0.717) is 28.3 Å². The molecule has 0 unspecified atom stereocenters. The molecule has 0 bridgehead atoms. The molecule has 1 saturated heterocycles. The predicted molar refractivity (Wildman–Crippen MR) is 129 cm³/mol. The lowest BCUT2D eigenvalue weighted by Gasteiger charge is -2.27. The molecule has 0 aromatic heterocycles. The van der Waals surface area contributed by atoms with E-state index in [0.717, 1.165) is 16.0 Å². The van der Waals surface area contributed by atoms with E-state index in [1.165, 1.54) is 25.3 Å². The minimum atomic E-state index is -0.805. The number of carbonyl (C=O) groups is 3. The molecule has 7 nitrogen and oxygen atoms in total. The van der Waals surface area contributed by atoms with Crippen molar-refractivity contribution in [1.82, 2.24) is 5.32 Å². The van der Waals surface area contributed by atoms with Crippen molar-refractivity contribution in [2.24, 2.45) is 0 Å². The normalized spacial score (nSPS) is 14.8. The van der Waals surface area contributed by atoms with Gasteiger partial charge in [-0.2, -0.15) is 0 Å². The molecule has 1 N–H and O–H groups in total. The maximum absolute atomic E-state index is 13.4. The summed E-state index contributed by atoms with van der Waals surface area (Å²) in [5.74, 6) is -1.10. The third-order valence-electron chi connectivity index (χ3n) is 5.35. The van der Waals surface area contributed by atoms with Crippen LogP contribution in [-0.4, -0.2) is 25.0 Å². The number of benzene rings is 3. The van der Waals surface area contributed by atoms with E-state index < -0.39 is 17.8 Å². The zero-order valence-electron chi connectivity index (χ0n) is 19.4. The van der Waals surface area contributed by atoms with Crippen molar-refractivity contribution in [2.45, 2.75) is 20.5 Å². The Balaban J connectivity index is 1.61. The summed E-state index contributed by atoms with van der Waals surface area (Å²) in [6.07, 6.45) is 1.39. The predicted octanol–water partition coefficient (Wildman–Crippen LogP) is 4.70. The minimum Gasteiger partial charge on any atom is -0.493 e. The van der Waals surface area contributed by atoms with Crippen molar-refractivity contribution >= 4 is 29.6 Å². The number of methoxy groups -OCH3 is 1. The summed E-state index contributed by atoms with van der Waals surface area (Å²) in [4.78, 5) is 39.1. The largest absolute Gasteiger partial charge is 0.493 e. The van der Waals surface area contributed by atoms with Crippen LogP contribution in [0, 0.1) is 19.7 Å². The molecule has 1 heterocycles. The minimum absolute atomic E-state index is 0.127. The van der Waals surface area contributed by atoms with E-state index in [2.05, 4.69) is 5.32 Å². The van der Waals surface area contributed by atoms with Crippen LogP contribution in [-0.2, 0) is 16.2 Å². The highest BCUT2D eigenvalue weighted by molar-refractivity contribution is 6.39. The van der Waals surface area contributed by atoms with Crippen LogP contribution in [0.5, 0.6) is 11.5 Å². The fourth-order valence-corrected chi connectivity index (χ4v) is 3.82. The second-order valence-electron chi connectivity index (χ2n) is 8.13. The number of hydrogen-bond acceptors (Lipinski definition) is 5. The molecule has 3 aromatic rings. The summed E-state index contributed by atoms with van der Waals surface area (Å²) in [5.41, 5.74) is 3.08. The van der Waals surface area contributed by atoms with Crippen molar-refractivity contribution < 1.29 is 28.2 Å². The number of urea groups is 1. The zero-order chi connectivity index (χ0) is 25.1. The highest BCUT2D eigenvalue weighted by Gasteiger charge is 2.37. The van der Waals surface area contributed by atoms with Crippen molar-refractivity contribution in [3.63, 3.8) is 0 Å². The lowest BCUT2D eigenvalue weighted by Crippen LogP contribution is -2.54. The fraction of sp³-hybridized carbons (Fsp3) is 0.148. The summed E-state index contributed by atoms with van der Waals surface area (Å²) < 4.78 is 24.6. The van der Waals surface area contributed by atoms with Gasteiger partial charge in [0.1, 0.15) is 18.0 Å². The lowest BCUT2D eigenvalue weighted by atomic mass is 10.0. The Kier molecular flexibility index (Phi) is 6.64. The fourth-order valence-electron chi connectivity index (χ4n) is 3.82. The van der Waals surface area contributed by atoms with E-state index in [9.17, 15) is 18.8 Å². The van der Waals surface area contributed by atoms with Gasteiger partial charge in [0.2, 0.25) is 0 Å². The number of barbiturate groups is 1. The molecule has 4 rings (SSSR count). The topological polar surface area (TPSA) is 84.9 Å². The molecule has 0 atom stereocenters. The van der Waals surface area contributed by atoms with Gasteiger partial charge in [-0.05, 0) is 78.6 Å². The molecule has 35 heavy (non-hydrogen) atoms. The molecular formula is C27H23FN2O5. The van der Waals surface area contributed by atoms with Gasteiger partial charge in [-0.25, -0.2) is 14.1 Å². The average Bonchev–Trinajstić information content (AvgIpc) is 2.80. The third kappa shape index (κ3) is 5.22. The Hall–Kier alpha value is -4.46. The van der Waals surface area contributed by atoms with E-state index in [-0.39, 0.29) is 18.0 Å².